The number of anilines is 1. The highest BCUT2D eigenvalue weighted by Gasteiger charge is 2.39. The molecule has 1 aromatic rings. The first-order valence-corrected chi connectivity index (χ1v) is 7.53. The molecule has 0 amide bonds. The van der Waals surface area contributed by atoms with E-state index in [9.17, 15) is 0 Å². The lowest BCUT2D eigenvalue weighted by Crippen LogP contribution is -2.22. The summed E-state index contributed by atoms with van der Waals surface area (Å²) in [5, 5.41) is 3.56. The second-order valence-corrected chi connectivity index (χ2v) is 6.28. The van der Waals surface area contributed by atoms with Gasteiger partial charge in [0.2, 0.25) is 5.95 Å². The lowest BCUT2D eigenvalue weighted by molar-refractivity contribution is 0.163. The monoisotopic (exact) mass is 263 g/mol. The summed E-state index contributed by atoms with van der Waals surface area (Å²) < 4.78 is 7.40. The Labute approximate surface area is 115 Å². The molecule has 0 radical (unpaired) electrons. The number of nitrogens with one attached hydrogen (secondary N) is 1. The van der Waals surface area contributed by atoms with Crippen molar-refractivity contribution in [2.45, 2.75) is 38.6 Å². The highest BCUT2D eigenvalue weighted by molar-refractivity contribution is 5.27. The van der Waals surface area contributed by atoms with Gasteiger partial charge in [-0.2, -0.15) is 0 Å². The first-order valence-electron chi connectivity index (χ1n) is 7.53. The summed E-state index contributed by atoms with van der Waals surface area (Å²) in [6.07, 6.45) is 9.72. The van der Waals surface area contributed by atoms with Crippen LogP contribution >= 0.6 is 0 Å². The van der Waals surface area contributed by atoms with Crippen molar-refractivity contribution in [3.05, 3.63) is 12.4 Å². The molecule has 0 aliphatic heterocycles. The van der Waals surface area contributed by atoms with Crippen LogP contribution in [-0.2, 0) is 4.74 Å². The maximum Gasteiger partial charge on any atom is 0.203 e. The Morgan fingerprint density at radius 3 is 3.05 bits per heavy atom. The Morgan fingerprint density at radius 1 is 1.47 bits per heavy atom. The fraction of sp³-hybridized carbons (Fsp3) is 0.800. The van der Waals surface area contributed by atoms with Gasteiger partial charge in [-0.3, -0.25) is 0 Å². The zero-order valence-corrected chi connectivity index (χ0v) is 12.0. The van der Waals surface area contributed by atoms with E-state index in [-0.39, 0.29) is 0 Å². The average Bonchev–Trinajstić information content (AvgIpc) is 3.12. The molecule has 1 N–H and O–H groups in total. The van der Waals surface area contributed by atoms with Crippen LogP contribution in [0.2, 0.25) is 0 Å². The molecule has 19 heavy (non-hydrogen) atoms. The molecular formula is C15H25N3O. The van der Waals surface area contributed by atoms with Crippen molar-refractivity contribution in [2.75, 3.05) is 25.6 Å². The Bertz CT molecular complexity index is 417. The molecule has 1 aromatic heterocycles. The zero-order valence-electron chi connectivity index (χ0n) is 12.0. The van der Waals surface area contributed by atoms with Crippen molar-refractivity contribution >= 4 is 5.95 Å². The molecule has 2 bridgehead atoms. The molecular weight excluding hydrogens is 238 g/mol. The van der Waals surface area contributed by atoms with Gasteiger partial charge < -0.3 is 14.6 Å². The smallest absolute Gasteiger partial charge is 0.203 e. The third kappa shape index (κ3) is 2.64. The summed E-state index contributed by atoms with van der Waals surface area (Å²) in [6, 6.07) is 0.329. The van der Waals surface area contributed by atoms with Crippen LogP contribution in [-0.4, -0.2) is 29.8 Å². The highest BCUT2D eigenvalue weighted by Crippen LogP contribution is 2.48. The maximum absolute atomic E-state index is 5.22. The lowest BCUT2D eigenvalue weighted by Gasteiger charge is -2.23. The van der Waals surface area contributed by atoms with E-state index in [4.69, 9.17) is 4.74 Å². The van der Waals surface area contributed by atoms with Crippen LogP contribution in [0.3, 0.4) is 0 Å². The number of nitrogens with zero attached hydrogens (tertiary/aromatic N) is 2. The molecule has 106 valence electrons. The van der Waals surface area contributed by atoms with Gasteiger partial charge >= 0.3 is 0 Å². The number of imidazole rings is 1. The summed E-state index contributed by atoms with van der Waals surface area (Å²) >= 11 is 0. The van der Waals surface area contributed by atoms with Crippen LogP contribution in [0.4, 0.5) is 5.95 Å². The molecule has 4 unspecified atom stereocenters. The van der Waals surface area contributed by atoms with E-state index in [0.717, 1.165) is 36.9 Å². The summed E-state index contributed by atoms with van der Waals surface area (Å²) in [4.78, 5) is 4.44. The van der Waals surface area contributed by atoms with Gasteiger partial charge in [-0.1, -0.05) is 6.42 Å². The number of aromatic nitrogens is 2. The Kier molecular flexibility index (Phi) is 3.78. The van der Waals surface area contributed by atoms with E-state index in [2.05, 4.69) is 21.8 Å². The molecule has 0 spiro atoms. The van der Waals surface area contributed by atoms with E-state index in [0.29, 0.717) is 6.04 Å². The first kappa shape index (κ1) is 13.0. The molecule has 4 nitrogen and oxygen atoms in total. The quantitative estimate of drug-likeness (QED) is 0.857. The molecule has 1 heterocycles. The molecule has 2 saturated carbocycles. The van der Waals surface area contributed by atoms with Crippen LogP contribution in [0.1, 0.15) is 38.6 Å². The molecule has 2 fully saturated rings. The lowest BCUT2D eigenvalue weighted by atomic mass is 9.89. The van der Waals surface area contributed by atoms with E-state index >= 15 is 0 Å². The van der Waals surface area contributed by atoms with Crippen molar-refractivity contribution in [1.29, 1.82) is 0 Å². The minimum absolute atomic E-state index is 0.329. The van der Waals surface area contributed by atoms with Gasteiger partial charge in [0.15, 0.2) is 0 Å². The summed E-state index contributed by atoms with van der Waals surface area (Å²) in [6.45, 7) is 3.96. The van der Waals surface area contributed by atoms with Crippen LogP contribution < -0.4 is 5.32 Å². The van der Waals surface area contributed by atoms with Crippen molar-refractivity contribution < 1.29 is 4.74 Å². The molecule has 3 rings (SSSR count). The normalized spacial score (nSPS) is 30.7. The van der Waals surface area contributed by atoms with Crippen molar-refractivity contribution in [3.8, 4) is 0 Å². The summed E-state index contributed by atoms with van der Waals surface area (Å²) in [5.41, 5.74) is 0. The van der Waals surface area contributed by atoms with Crippen molar-refractivity contribution in [1.82, 2.24) is 9.55 Å². The van der Waals surface area contributed by atoms with Crippen LogP contribution in [0.25, 0.3) is 0 Å². The zero-order chi connectivity index (χ0) is 13.2. The maximum atomic E-state index is 5.22. The predicted molar refractivity (Wildman–Crippen MR) is 76.2 cm³/mol. The number of ether oxygens (including phenoxy) is 1. The minimum atomic E-state index is 0.329. The van der Waals surface area contributed by atoms with E-state index in [1.165, 1.54) is 25.7 Å². The van der Waals surface area contributed by atoms with E-state index < -0.39 is 0 Å². The van der Waals surface area contributed by atoms with Gasteiger partial charge in [0, 0.05) is 26.0 Å². The number of rotatable bonds is 6. The SMILES string of the molecule is COCC(C)n1ccnc1NCC1CC2CCC1C2. The highest BCUT2D eigenvalue weighted by atomic mass is 16.5. The largest absolute Gasteiger partial charge is 0.383 e. The molecule has 4 heteroatoms. The standard InChI is InChI=1S/C15H25N3O/c1-11(10-19-2)18-6-5-16-15(18)17-9-14-8-12-3-4-13(14)7-12/h5-6,11-14H,3-4,7-10H2,1-2H3,(H,16,17). The van der Waals surface area contributed by atoms with Gasteiger partial charge in [0.1, 0.15) is 0 Å². The van der Waals surface area contributed by atoms with Crippen molar-refractivity contribution in [2.24, 2.45) is 17.8 Å². The van der Waals surface area contributed by atoms with Gasteiger partial charge in [0.05, 0.1) is 12.6 Å². The van der Waals surface area contributed by atoms with Gasteiger partial charge in [-0.25, -0.2) is 4.98 Å². The predicted octanol–water partition coefficient (Wildman–Crippen LogP) is 2.94. The second kappa shape index (κ2) is 5.53. The summed E-state index contributed by atoms with van der Waals surface area (Å²) in [5.74, 6) is 3.84. The molecule has 4 atom stereocenters. The number of hydrogen-bond acceptors (Lipinski definition) is 3. The molecule has 0 saturated heterocycles. The van der Waals surface area contributed by atoms with Crippen LogP contribution in [0, 0.1) is 17.8 Å². The topological polar surface area (TPSA) is 39.1 Å². The van der Waals surface area contributed by atoms with Crippen LogP contribution in [0.15, 0.2) is 12.4 Å². The van der Waals surface area contributed by atoms with Crippen LogP contribution in [0.5, 0.6) is 0 Å². The van der Waals surface area contributed by atoms with Gasteiger partial charge in [0.25, 0.3) is 0 Å². The van der Waals surface area contributed by atoms with E-state index in [1.54, 1.807) is 7.11 Å². The number of hydrogen-bond donors (Lipinski definition) is 1. The fourth-order valence-electron chi connectivity index (χ4n) is 3.98. The van der Waals surface area contributed by atoms with E-state index in [1.807, 2.05) is 12.4 Å². The Balaban J connectivity index is 1.57. The third-order valence-electron chi connectivity index (χ3n) is 4.96. The number of fused-ring (bicyclic) bond motifs is 2. The number of methoxy groups -OCH3 is 1. The second-order valence-electron chi connectivity index (χ2n) is 6.28. The van der Waals surface area contributed by atoms with Gasteiger partial charge in [-0.15, -0.1) is 0 Å². The average molecular weight is 263 g/mol. The third-order valence-corrected chi connectivity index (χ3v) is 4.96. The minimum Gasteiger partial charge on any atom is -0.383 e. The van der Waals surface area contributed by atoms with Crippen molar-refractivity contribution in [3.63, 3.8) is 0 Å². The first-order chi connectivity index (χ1) is 9.28. The molecule has 2 aliphatic carbocycles. The Morgan fingerprint density at radius 2 is 2.37 bits per heavy atom. The Hall–Kier alpha value is -1.03. The fourth-order valence-corrected chi connectivity index (χ4v) is 3.98. The molecule has 2 aliphatic rings. The van der Waals surface area contributed by atoms with Gasteiger partial charge in [-0.05, 0) is 43.9 Å². The summed E-state index contributed by atoms with van der Waals surface area (Å²) in [7, 11) is 1.75. The molecule has 0 aromatic carbocycles.